The van der Waals surface area contributed by atoms with Crippen LogP contribution in [-0.4, -0.2) is 48.5 Å². The molecule has 0 aliphatic rings. The van der Waals surface area contributed by atoms with Gasteiger partial charge in [-0.3, -0.25) is 4.79 Å². The van der Waals surface area contributed by atoms with Crippen LogP contribution in [0.2, 0.25) is 0 Å². The molecule has 1 aromatic heterocycles. The molecule has 0 bridgehead atoms. The number of primary sulfonamides is 1. The third kappa shape index (κ3) is 5.64. The molecule has 0 fully saturated rings. The van der Waals surface area contributed by atoms with Gasteiger partial charge in [0.05, 0.1) is 16.2 Å². The molecule has 0 amide bonds. The van der Waals surface area contributed by atoms with E-state index >= 15 is 0 Å². The van der Waals surface area contributed by atoms with E-state index in [9.17, 15) is 13.2 Å². The zero-order chi connectivity index (χ0) is 20.0. The predicted octanol–water partition coefficient (Wildman–Crippen LogP) is 0.952. The molecule has 0 radical (unpaired) electrons. The molecular formula is C15H18N6O4S2. The largest absolute Gasteiger partial charge is 0.481 e. The predicted molar refractivity (Wildman–Crippen MR) is 103 cm³/mol. The first kappa shape index (κ1) is 20.6. The number of hydrogen-bond acceptors (Lipinski definition) is 9. The molecule has 0 aliphatic carbocycles. The molecule has 144 valence electrons. The molecular weight excluding hydrogens is 392 g/mol. The van der Waals surface area contributed by atoms with Crippen molar-refractivity contribution in [3.8, 4) is 0 Å². The smallest absolute Gasteiger partial charge is 0.313 e. The second kappa shape index (κ2) is 8.79. The Morgan fingerprint density at radius 3 is 2.44 bits per heavy atom. The molecule has 27 heavy (non-hydrogen) atoms. The number of hydrogen-bond donors (Lipinski definition) is 5. The average molecular weight is 410 g/mol. The zero-order valence-corrected chi connectivity index (χ0v) is 15.9. The Bertz CT molecular complexity index is 948. The molecule has 10 nitrogen and oxygen atoms in total. The van der Waals surface area contributed by atoms with Crippen LogP contribution in [0.3, 0.4) is 0 Å². The molecule has 6 N–H and O–H groups in total. The number of aliphatic carboxylic acids is 1. The van der Waals surface area contributed by atoms with E-state index in [-0.39, 0.29) is 15.8 Å². The van der Waals surface area contributed by atoms with Gasteiger partial charge in [0.15, 0.2) is 5.16 Å². The van der Waals surface area contributed by atoms with Crippen LogP contribution in [0.1, 0.15) is 11.1 Å². The van der Waals surface area contributed by atoms with Gasteiger partial charge < -0.3 is 21.1 Å². The van der Waals surface area contributed by atoms with Crippen molar-refractivity contribution in [2.45, 2.75) is 16.6 Å². The molecule has 0 saturated heterocycles. The van der Waals surface area contributed by atoms with Crippen molar-refractivity contribution >= 4 is 45.6 Å². The summed E-state index contributed by atoms with van der Waals surface area (Å²) in [6.45, 7) is 0.301. The number of anilines is 2. The second-order valence-electron chi connectivity index (χ2n) is 5.24. The van der Waals surface area contributed by atoms with E-state index in [1.807, 2.05) is 0 Å². The van der Waals surface area contributed by atoms with Gasteiger partial charge in [0.2, 0.25) is 10.0 Å². The first-order valence-electron chi connectivity index (χ1n) is 7.55. The summed E-state index contributed by atoms with van der Waals surface area (Å²) in [6.07, 6.45) is 1.09. The number of carbonyl (C=O) groups is 1. The lowest BCUT2D eigenvalue weighted by Crippen LogP contribution is -2.12. The summed E-state index contributed by atoms with van der Waals surface area (Å²) in [5.74, 6) is -0.440. The number of carboxylic acids is 1. The number of nitrogens with zero attached hydrogens (tertiary/aromatic N) is 2. The van der Waals surface area contributed by atoms with E-state index < -0.39 is 16.0 Å². The van der Waals surface area contributed by atoms with Gasteiger partial charge in [-0.2, -0.15) is 0 Å². The Kier molecular flexibility index (Phi) is 6.71. The quantitative estimate of drug-likeness (QED) is 0.229. The first-order valence-corrected chi connectivity index (χ1v) is 10.1. The maximum absolute atomic E-state index is 11.3. The minimum Gasteiger partial charge on any atom is -0.481 e. The van der Waals surface area contributed by atoms with Crippen molar-refractivity contribution in [3.63, 3.8) is 0 Å². The summed E-state index contributed by atoms with van der Waals surface area (Å²) in [4.78, 5) is 19.2. The molecule has 2 rings (SSSR count). The highest BCUT2D eigenvalue weighted by atomic mass is 32.2. The van der Waals surface area contributed by atoms with Crippen molar-refractivity contribution in [2.24, 2.45) is 5.14 Å². The van der Waals surface area contributed by atoms with Gasteiger partial charge in [-0.15, -0.1) is 0 Å². The highest BCUT2D eigenvalue weighted by Gasteiger charge is 2.14. The molecule has 0 aliphatic heterocycles. The normalized spacial score (nSPS) is 11.0. The molecule has 0 saturated carbocycles. The third-order valence-electron chi connectivity index (χ3n) is 3.34. The number of aromatic nitrogens is 2. The van der Waals surface area contributed by atoms with Gasteiger partial charge >= 0.3 is 5.97 Å². The van der Waals surface area contributed by atoms with Gasteiger partial charge in [-0.05, 0) is 17.7 Å². The topological polar surface area (TPSA) is 171 Å². The van der Waals surface area contributed by atoms with Crippen molar-refractivity contribution in [1.82, 2.24) is 9.97 Å². The van der Waals surface area contributed by atoms with Crippen LogP contribution in [-0.2, 0) is 21.4 Å². The summed E-state index contributed by atoms with van der Waals surface area (Å²) in [7, 11) is -2.12. The maximum atomic E-state index is 11.3. The van der Waals surface area contributed by atoms with Crippen LogP contribution in [0.25, 0.3) is 0 Å². The summed E-state index contributed by atoms with van der Waals surface area (Å²) < 4.78 is 22.6. The van der Waals surface area contributed by atoms with Crippen LogP contribution >= 0.6 is 11.8 Å². The van der Waals surface area contributed by atoms with Crippen LogP contribution in [0.4, 0.5) is 11.6 Å². The third-order valence-corrected chi connectivity index (χ3v) is 5.10. The van der Waals surface area contributed by atoms with Gasteiger partial charge in [-0.1, -0.05) is 23.9 Å². The summed E-state index contributed by atoms with van der Waals surface area (Å²) >= 11 is 0.960. The SMILES string of the molecule is CNc1nc(SCC(=O)O)nc(NCc2ccc(S(N)(=O)=O)cc2)c1C=N. The van der Waals surface area contributed by atoms with Gasteiger partial charge in [-0.25, -0.2) is 23.5 Å². The lowest BCUT2D eigenvalue weighted by Gasteiger charge is -2.13. The van der Waals surface area contributed by atoms with Gasteiger partial charge in [0.25, 0.3) is 0 Å². The maximum Gasteiger partial charge on any atom is 0.313 e. The van der Waals surface area contributed by atoms with E-state index in [0.717, 1.165) is 23.5 Å². The number of rotatable bonds is 9. The lowest BCUT2D eigenvalue weighted by molar-refractivity contribution is -0.133. The van der Waals surface area contributed by atoms with Crippen molar-refractivity contribution < 1.29 is 18.3 Å². The highest BCUT2D eigenvalue weighted by Crippen LogP contribution is 2.24. The van der Waals surface area contributed by atoms with Crippen molar-refractivity contribution in [1.29, 1.82) is 5.41 Å². The standard InChI is InChI=1S/C15H18N6O4S2/c1-18-13-11(6-16)14(21-15(20-13)26-8-12(22)23)19-7-9-2-4-10(5-3-9)27(17,24)25/h2-6,16H,7-8H2,1H3,(H,22,23)(H2,17,24,25)(H2,18,19,20,21). The monoisotopic (exact) mass is 410 g/mol. The Morgan fingerprint density at radius 1 is 1.30 bits per heavy atom. The number of nitrogens with two attached hydrogens (primary N) is 1. The highest BCUT2D eigenvalue weighted by molar-refractivity contribution is 7.99. The summed E-state index contributed by atoms with van der Waals surface area (Å²) in [6, 6.07) is 6.02. The van der Waals surface area contributed by atoms with E-state index in [1.165, 1.54) is 12.1 Å². The Hall–Kier alpha value is -2.70. The second-order valence-corrected chi connectivity index (χ2v) is 7.74. The Balaban J connectivity index is 2.24. The minimum atomic E-state index is -3.76. The van der Waals surface area contributed by atoms with Crippen LogP contribution in [0.5, 0.6) is 0 Å². The average Bonchev–Trinajstić information content (AvgIpc) is 2.63. The molecule has 2 aromatic rings. The molecule has 12 heteroatoms. The Morgan fingerprint density at radius 2 is 1.93 bits per heavy atom. The first-order chi connectivity index (χ1) is 12.7. The van der Waals surface area contributed by atoms with Crippen LogP contribution < -0.4 is 15.8 Å². The number of carboxylic acid groups (broad SMARTS) is 1. The number of sulfonamides is 1. The number of thioether (sulfide) groups is 1. The fraction of sp³-hybridized carbons (Fsp3) is 0.200. The van der Waals surface area contributed by atoms with E-state index in [2.05, 4.69) is 20.6 Å². The van der Waals surface area contributed by atoms with Gasteiger partial charge in [0.1, 0.15) is 11.6 Å². The molecule has 1 heterocycles. The summed E-state index contributed by atoms with van der Waals surface area (Å²) in [5.41, 5.74) is 1.18. The molecule has 1 aromatic carbocycles. The van der Waals surface area contributed by atoms with E-state index in [0.29, 0.717) is 23.7 Å². The Labute approximate surface area is 160 Å². The zero-order valence-electron chi connectivity index (χ0n) is 14.3. The number of nitrogens with one attached hydrogen (secondary N) is 3. The fourth-order valence-corrected chi connectivity index (χ4v) is 3.16. The van der Waals surface area contributed by atoms with Gasteiger partial charge in [0, 0.05) is 19.8 Å². The number of benzene rings is 1. The van der Waals surface area contributed by atoms with Crippen LogP contribution in [0.15, 0.2) is 34.3 Å². The van der Waals surface area contributed by atoms with Crippen LogP contribution in [0, 0.1) is 5.41 Å². The molecule has 0 atom stereocenters. The lowest BCUT2D eigenvalue weighted by atomic mass is 10.2. The molecule has 0 spiro atoms. The van der Waals surface area contributed by atoms with E-state index in [1.54, 1.807) is 19.2 Å². The van der Waals surface area contributed by atoms with Crippen molar-refractivity contribution in [2.75, 3.05) is 23.4 Å². The summed E-state index contributed by atoms with van der Waals surface area (Å²) in [5, 5.41) is 27.6. The van der Waals surface area contributed by atoms with E-state index in [4.69, 9.17) is 15.7 Å². The molecule has 0 unspecified atom stereocenters. The minimum absolute atomic E-state index is 0.0123. The fourth-order valence-electron chi connectivity index (χ4n) is 2.08. The van der Waals surface area contributed by atoms with Crippen molar-refractivity contribution in [3.05, 3.63) is 35.4 Å².